The van der Waals surface area contributed by atoms with Crippen LogP contribution in [0.1, 0.15) is 68.4 Å². The number of para-hydroxylation sites is 1. The van der Waals surface area contributed by atoms with Crippen molar-refractivity contribution in [1.82, 2.24) is 14.9 Å². The molecule has 0 bridgehead atoms. The number of piperidine rings is 1. The lowest BCUT2D eigenvalue weighted by Gasteiger charge is -2.53. The molecule has 6 heteroatoms. The van der Waals surface area contributed by atoms with Gasteiger partial charge in [0.05, 0.1) is 11.2 Å². The highest BCUT2D eigenvalue weighted by Crippen LogP contribution is 2.39. The largest absolute Gasteiger partial charge is 0.324 e. The van der Waals surface area contributed by atoms with Gasteiger partial charge in [0, 0.05) is 45.5 Å². The summed E-state index contributed by atoms with van der Waals surface area (Å²) in [6, 6.07) is 32.0. The van der Waals surface area contributed by atoms with Crippen molar-refractivity contribution < 1.29 is 4.79 Å². The lowest BCUT2D eigenvalue weighted by Crippen LogP contribution is -2.57. The van der Waals surface area contributed by atoms with Gasteiger partial charge in [0.1, 0.15) is 0 Å². The number of benzene rings is 4. The molecule has 1 amide bonds. The van der Waals surface area contributed by atoms with Gasteiger partial charge in [0.15, 0.2) is 0 Å². The molecule has 1 aromatic heterocycles. The van der Waals surface area contributed by atoms with Gasteiger partial charge in [-0.3, -0.25) is 9.69 Å². The third kappa shape index (κ3) is 6.22. The normalized spacial score (nSPS) is 16.0. The van der Waals surface area contributed by atoms with Crippen molar-refractivity contribution in [3.05, 3.63) is 114 Å². The Balaban J connectivity index is 1.18. The van der Waals surface area contributed by atoms with E-state index >= 15 is 0 Å². The maximum Gasteiger partial charge on any atom is 0.255 e. The van der Waals surface area contributed by atoms with E-state index in [9.17, 15) is 4.79 Å². The van der Waals surface area contributed by atoms with Crippen LogP contribution in [0.2, 0.25) is 0 Å². The maximum atomic E-state index is 13.3. The summed E-state index contributed by atoms with van der Waals surface area (Å²) in [5, 5.41) is 7.49. The van der Waals surface area contributed by atoms with Crippen LogP contribution < -0.4 is 10.6 Å². The smallest absolute Gasteiger partial charge is 0.255 e. The summed E-state index contributed by atoms with van der Waals surface area (Å²) in [4.78, 5) is 25.5. The number of anilines is 3. The molecule has 2 N–H and O–H groups in total. The van der Waals surface area contributed by atoms with E-state index in [1.54, 1.807) is 0 Å². The highest BCUT2D eigenvalue weighted by atomic mass is 16.1. The standard InChI is InChI=1S/C38H41N5O/c1-26-16-17-27(25-43-37(2,3)22-11-23-38(43,4)5)24-33(26)40-35(44)29-18-20-30(21-19-29)39-36-41-32-15-10-9-14-31(32)34(42-36)28-12-7-6-8-13-28/h6-10,12-21,24H,11,22-23,25H2,1-5H3,(H,40,44)(H,39,41,42). The van der Waals surface area contributed by atoms with E-state index < -0.39 is 0 Å². The molecule has 1 fully saturated rings. The van der Waals surface area contributed by atoms with Gasteiger partial charge in [-0.1, -0.05) is 60.7 Å². The van der Waals surface area contributed by atoms with Crippen molar-refractivity contribution in [2.24, 2.45) is 0 Å². The van der Waals surface area contributed by atoms with E-state index in [1.807, 2.05) is 73.7 Å². The van der Waals surface area contributed by atoms with Crippen LogP contribution in [0.25, 0.3) is 22.2 Å². The predicted molar refractivity (Wildman–Crippen MR) is 181 cm³/mol. The van der Waals surface area contributed by atoms with Crippen LogP contribution in [0.4, 0.5) is 17.3 Å². The first-order chi connectivity index (χ1) is 21.1. The Morgan fingerprint density at radius 1 is 0.818 bits per heavy atom. The van der Waals surface area contributed by atoms with Gasteiger partial charge >= 0.3 is 0 Å². The van der Waals surface area contributed by atoms with Gasteiger partial charge in [-0.2, -0.15) is 0 Å². The molecule has 0 atom stereocenters. The Bertz CT molecular complexity index is 1780. The zero-order valence-electron chi connectivity index (χ0n) is 26.3. The van der Waals surface area contributed by atoms with Crippen LogP contribution in [-0.2, 0) is 6.54 Å². The van der Waals surface area contributed by atoms with Crippen LogP contribution in [0, 0.1) is 6.92 Å². The van der Waals surface area contributed by atoms with Gasteiger partial charge in [0.25, 0.3) is 5.91 Å². The van der Waals surface area contributed by atoms with Crippen molar-refractivity contribution >= 4 is 34.1 Å². The molecule has 5 aromatic rings. The highest BCUT2D eigenvalue weighted by molar-refractivity contribution is 6.05. The third-order valence-corrected chi connectivity index (χ3v) is 8.98. The van der Waals surface area contributed by atoms with Gasteiger partial charge in [-0.15, -0.1) is 0 Å². The average molecular weight is 584 g/mol. The molecule has 1 aliphatic rings. The molecule has 6 nitrogen and oxygen atoms in total. The molecule has 0 unspecified atom stereocenters. The van der Waals surface area contributed by atoms with Crippen molar-refractivity contribution in [3.8, 4) is 11.3 Å². The molecule has 1 aliphatic heterocycles. The first-order valence-electron chi connectivity index (χ1n) is 15.5. The Labute approximate surface area is 260 Å². The Kier molecular flexibility index (Phi) is 7.95. The summed E-state index contributed by atoms with van der Waals surface area (Å²) < 4.78 is 0. The summed E-state index contributed by atoms with van der Waals surface area (Å²) in [6.45, 7) is 12.3. The summed E-state index contributed by atoms with van der Waals surface area (Å²) in [6.07, 6.45) is 3.64. The molecule has 44 heavy (non-hydrogen) atoms. The lowest BCUT2D eigenvalue weighted by atomic mass is 9.79. The minimum atomic E-state index is -0.135. The van der Waals surface area contributed by atoms with Crippen LogP contribution in [-0.4, -0.2) is 31.9 Å². The summed E-state index contributed by atoms with van der Waals surface area (Å²) >= 11 is 0. The fourth-order valence-electron chi connectivity index (χ4n) is 6.53. The van der Waals surface area contributed by atoms with Crippen LogP contribution in [0.5, 0.6) is 0 Å². The number of hydrogen-bond donors (Lipinski definition) is 2. The van der Waals surface area contributed by atoms with Crippen LogP contribution in [0.15, 0.2) is 97.1 Å². The number of nitrogens with zero attached hydrogens (tertiary/aromatic N) is 3. The first-order valence-corrected chi connectivity index (χ1v) is 15.5. The molecule has 2 heterocycles. The van der Waals surface area contributed by atoms with Crippen molar-refractivity contribution in [2.75, 3.05) is 10.6 Å². The summed E-state index contributed by atoms with van der Waals surface area (Å²) in [5.74, 6) is 0.371. The van der Waals surface area contributed by atoms with E-state index in [-0.39, 0.29) is 17.0 Å². The monoisotopic (exact) mass is 583 g/mol. The molecule has 0 radical (unpaired) electrons. The van der Waals surface area contributed by atoms with Crippen molar-refractivity contribution in [1.29, 1.82) is 0 Å². The molecule has 224 valence electrons. The molecule has 0 aliphatic carbocycles. The molecular weight excluding hydrogens is 542 g/mol. The minimum absolute atomic E-state index is 0.132. The number of aryl methyl sites for hydroxylation is 1. The fourth-order valence-corrected chi connectivity index (χ4v) is 6.53. The zero-order valence-corrected chi connectivity index (χ0v) is 26.3. The Morgan fingerprint density at radius 3 is 2.23 bits per heavy atom. The topological polar surface area (TPSA) is 70.2 Å². The molecule has 0 saturated carbocycles. The predicted octanol–water partition coefficient (Wildman–Crippen LogP) is 9.14. The quantitative estimate of drug-likeness (QED) is 0.200. The zero-order chi connectivity index (χ0) is 30.9. The number of rotatable bonds is 7. The Hall–Kier alpha value is -4.55. The molecule has 0 spiro atoms. The number of hydrogen-bond acceptors (Lipinski definition) is 5. The molecule has 1 saturated heterocycles. The number of amides is 1. The second-order valence-electron chi connectivity index (χ2n) is 13.1. The summed E-state index contributed by atoms with van der Waals surface area (Å²) in [5.41, 5.74) is 7.52. The van der Waals surface area contributed by atoms with Gasteiger partial charge in [-0.25, -0.2) is 9.97 Å². The van der Waals surface area contributed by atoms with Crippen LogP contribution >= 0.6 is 0 Å². The number of fused-ring (bicyclic) bond motifs is 1. The number of carbonyl (C=O) groups is 1. The van der Waals surface area contributed by atoms with Gasteiger partial charge in [0.2, 0.25) is 5.95 Å². The minimum Gasteiger partial charge on any atom is -0.324 e. The first kappa shape index (κ1) is 29.5. The van der Waals surface area contributed by atoms with E-state index in [0.717, 1.165) is 45.6 Å². The van der Waals surface area contributed by atoms with E-state index in [4.69, 9.17) is 9.97 Å². The van der Waals surface area contributed by atoms with Gasteiger partial charge < -0.3 is 10.6 Å². The third-order valence-electron chi connectivity index (χ3n) is 8.98. The van der Waals surface area contributed by atoms with E-state index in [2.05, 4.69) is 73.6 Å². The number of aromatic nitrogens is 2. The van der Waals surface area contributed by atoms with Crippen LogP contribution in [0.3, 0.4) is 0 Å². The second kappa shape index (κ2) is 11.9. The SMILES string of the molecule is Cc1ccc(CN2C(C)(C)CCCC2(C)C)cc1NC(=O)c1ccc(Nc2nc(-c3ccccc3)c3ccccc3n2)cc1. The fraction of sp³-hybridized carbons (Fsp3) is 0.289. The van der Waals surface area contributed by atoms with Gasteiger partial charge in [-0.05, 0) is 101 Å². The summed E-state index contributed by atoms with van der Waals surface area (Å²) in [7, 11) is 0. The van der Waals surface area contributed by atoms with E-state index in [0.29, 0.717) is 11.5 Å². The lowest BCUT2D eigenvalue weighted by molar-refractivity contribution is -0.0340. The number of carbonyl (C=O) groups excluding carboxylic acids is 1. The Morgan fingerprint density at radius 2 is 1.50 bits per heavy atom. The highest BCUT2D eigenvalue weighted by Gasteiger charge is 2.40. The van der Waals surface area contributed by atoms with Crippen molar-refractivity contribution in [2.45, 2.75) is 71.5 Å². The number of likely N-dealkylation sites (tertiary alicyclic amines) is 1. The molecule has 6 rings (SSSR count). The maximum absolute atomic E-state index is 13.3. The molecular formula is C38H41N5O. The number of nitrogens with one attached hydrogen (secondary N) is 2. The van der Waals surface area contributed by atoms with Crippen molar-refractivity contribution in [3.63, 3.8) is 0 Å². The molecule has 4 aromatic carbocycles. The van der Waals surface area contributed by atoms with E-state index in [1.165, 1.54) is 24.8 Å². The second-order valence-corrected chi connectivity index (χ2v) is 13.1. The average Bonchev–Trinajstić information content (AvgIpc) is 3.00.